The van der Waals surface area contributed by atoms with Gasteiger partial charge in [-0.1, -0.05) is 35.5 Å². The Morgan fingerprint density at radius 3 is 2.67 bits per heavy atom. The van der Waals surface area contributed by atoms with Crippen molar-refractivity contribution in [2.24, 2.45) is 11.1 Å². The molecule has 4 atom stereocenters. The van der Waals surface area contributed by atoms with Gasteiger partial charge in [0.05, 0.1) is 34.1 Å². The first-order chi connectivity index (χ1) is 20.8. The molecule has 0 saturated carbocycles. The molecule has 0 bridgehead atoms. The lowest BCUT2D eigenvalue weighted by atomic mass is 9.91. The zero-order chi connectivity index (χ0) is 30.1. The van der Waals surface area contributed by atoms with E-state index >= 15 is 0 Å². The van der Waals surface area contributed by atoms with Crippen LogP contribution in [0.3, 0.4) is 0 Å². The summed E-state index contributed by atoms with van der Waals surface area (Å²) < 4.78 is 15.1. The van der Waals surface area contributed by atoms with Crippen LogP contribution in [0.4, 0.5) is 4.39 Å². The third-order valence-corrected chi connectivity index (χ3v) is 8.19. The topological polar surface area (TPSA) is 143 Å². The van der Waals surface area contributed by atoms with Gasteiger partial charge in [-0.25, -0.2) is 9.37 Å². The molecule has 1 aliphatic heterocycles. The van der Waals surface area contributed by atoms with E-state index in [9.17, 15) is 23.9 Å². The Balaban J connectivity index is 1.22. The highest BCUT2D eigenvalue weighted by atomic mass is 19.1. The first-order valence-electron chi connectivity index (χ1n) is 14.4. The van der Waals surface area contributed by atoms with E-state index in [0.717, 1.165) is 11.1 Å². The molecule has 2 heterocycles. The minimum absolute atomic E-state index is 0.00842. The van der Waals surface area contributed by atoms with E-state index in [2.05, 4.69) is 10.5 Å². The SMILES string of the molecule is O=C(O)CCCCc1nc2c(c(=O)n1-c1ccc(F)cc1)=CCC(C1=NO[C@H](C(=O)N[C@H]3c4ccccc4C[C@H]3O)C1)C=2. The highest BCUT2D eigenvalue weighted by Gasteiger charge is 2.37. The fourth-order valence-corrected chi connectivity index (χ4v) is 5.98. The van der Waals surface area contributed by atoms with Gasteiger partial charge in [0, 0.05) is 31.6 Å². The second-order valence-corrected chi connectivity index (χ2v) is 11.1. The van der Waals surface area contributed by atoms with E-state index < -0.39 is 30.0 Å². The minimum Gasteiger partial charge on any atom is -0.481 e. The molecule has 11 heteroatoms. The van der Waals surface area contributed by atoms with Gasteiger partial charge in [-0.15, -0.1) is 0 Å². The number of hydrogen-bond acceptors (Lipinski definition) is 7. The second kappa shape index (κ2) is 11.9. The summed E-state index contributed by atoms with van der Waals surface area (Å²) in [6.45, 7) is 0. The third kappa shape index (κ3) is 5.85. The van der Waals surface area contributed by atoms with Crippen molar-refractivity contribution in [2.75, 3.05) is 0 Å². The van der Waals surface area contributed by atoms with E-state index in [1.165, 1.54) is 28.8 Å². The molecule has 3 N–H and O–H groups in total. The van der Waals surface area contributed by atoms with E-state index in [1.54, 1.807) is 6.08 Å². The van der Waals surface area contributed by atoms with E-state index in [1.807, 2.05) is 30.3 Å². The van der Waals surface area contributed by atoms with Crippen LogP contribution in [0.25, 0.3) is 17.8 Å². The highest BCUT2D eigenvalue weighted by Crippen LogP contribution is 2.32. The lowest BCUT2D eigenvalue weighted by molar-refractivity contribution is -0.137. The number of aliphatic hydroxyl groups excluding tert-OH is 1. The summed E-state index contributed by atoms with van der Waals surface area (Å²) in [5, 5.41) is 27.5. The second-order valence-electron chi connectivity index (χ2n) is 11.1. The Labute approximate surface area is 245 Å². The van der Waals surface area contributed by atoms with Crippen molar-refractivity contribution in [1.29, 1.82) is 0 Å². The van der Waals surface area contributed by atoms with Gasteiger partial charge in [0.25, 0.3) is 11.5 Å². The molecule has 10 nitrogen and oxygen atoms in total. The highest BCUT2D eigenvalue weighted by molar-refractivity contribution is 5.97. The number of halogens is 1. The van der Waals surface area contributed by atoms with E-state index in [0.29, 0.717) is 59.9 Å². The Bertz CT molecular complexity index is 1780. The number of fused-ring (bicyclic) bond motifs is 2. The van der Waals surface area contributed by atoms with Crippen molar-refractivity contribution in [2.45, 2.75) is 63.2 Å². The predicted molar refractivity (Wildman–Crippen MR) is 155 cm³/mol. The molecule has 43 heavy (non-hydrogen) atoms. The monoisotopic (exact) mass is 586 g/mol. The van der Waals surface area contributed by atoms with Crippen LogP contribution in [-0.2, 0) is 27.3 Å². The van der Waals surface area contributed by atoms with Crippen LogP contribution in [0.15, 0.2) is 58.5 Å². The zero-order valence-electron chi connectivity index (χ0n) is 23.3. The van der Waals surface area contributed by atoms with Crippen molar-refractivity contribution < 1.29 is 29.0 Å². The predicted octanol–water partition coefficient (Wildman–Crippen LogP) is 1.67. The average molecular weight is 587 g/mol. The number of carbonyl (C=O) groups is 2. The Kier molecular flexibility index (Phi) is 7.90. The minimum atomic E-state index is -0.893. The van der Waals surface area contributed by atoms with Gasteiger partial charge >= 0.3 is 5.97 Å². The molecule has 1 amide bonds. The first kappa shape index (κ1) is 28.5. The maximum absolute atomic E-state index is 13.7. The number of amides is 1. The number of hydrogen-bond donors (Lipinski definition) is 3. The zero-order valence-corrected chi connectivity index (χ0v) is 23.3. The number of aliphatic hydroxyl groups is 1. The Hall–Kier alpha value is -4.64. The van der Waals surface area contributed by atoms with Crippen molar-refractivity contribution in [3.63, 3.8) is 0 Å². The number of benzene rings is 2. The quantitative estimate of drug-likeness (QED) is 0.324. The van der Waals surface area contributed by atoms with Gasteiger partial charge in [0.2, 0.25) is 6.10 Å². The van der Waals surface area contributed by atoms with Crippen LogP contribution >= 0.6 is 0 Å². The van der Waals surface area contributed by atoms with E-state index in [-0.39, 0.29) is 30.2 Å². The molecule has 0 spiro atoms. The number of oxime groups is 1. The summed E-state index contributed by atoms with van der Waals surface area (Å²) in [4.78, 5) is 48.0. The number of carbonyl (C=O) groups excluding carboxylic acids is 1. The molecule has 2 aromatic carbocycles. The largest absolute Gasteiger partial charge is 0.481 e. The molecule has 3 aromatic rings. The summed E-state index contributed by atoms with van der Waals surface area (Å²) in [6, 6.07) is 12.7. The Morgan fingerprint density at radius 2 is 1.88 bits per heavy atom. The maximum Gasteiger partial charge on any atom is 0.303 e. The molecule has 6 rings (SSSR count). The molecule has 1 aromatic heterocycles. The fourth-order valence-electron chi connectivity index (χ4n) is 5.98. The number of carboxylic acids is 1. The van der Waals surface area contributed by atoms with Gasteiger partial charge in [-0.3, -0.25) is 19.0 Å². The Morgan fingerprint density at radius 1 is 1.09 bits per heavy atom. The number of aromatic nitrogens is 2. The lowest BCUT2D eigenvalue weighted by Gasteiger charge is -2.20. The molecule has 0 fully saturated rings. The van der Waals surface area contributed by atoms with Crippen molar-refractivity contribution >= 4 is 29.7 Å². The van der Waals surface area contributed by atoms with Gasteiger partial charge in [-0.05, 0) is 60.7 Å². The van der Waals surface area contributed by atoms with Crippen molar-refractivity contribution in [3.05, 3.63) is 92.2 Å². The van der Waals surface area contributed by atoms with Crippen molar-refractivity contribution in [3.8, 4) is 5.69 Å². The van der Waals surface area contributed by atoms with Gasteiger partial charge < -0.3 is 20.4 Å². The molecule has 1 unspecified atom stereocenters. The van der Waals surface area contributed by atoms with Crippen LogP contribution in [0, 0.1) is 11.7 Å². The van der Waals surface area contributed by atoms with Crippen LogP contribution in [0.2, 0.25) is 0 Å². The number of carboxylic acid groups (broad SMARTS) is 1. The molecule has 0 radical (unpaired) electrons. The number of aliphatic carboxylic acids is 1. The van der Waals surface area contributed by atoms with Crippen LogP contribution in [-0.4, -0.2) is 49.6 Å². The molecule has 2 aliphatic carbocycles. The smallest absolute Gasteiger partial charge is 0.303 e. The summed E-state index contributed by atoms with van der Waals surface area (Å²) in [5.41, 5.74) is 2.73. The van der Waals surface area contributed by atoms with Crippen LogP contribution < -0.4 is 21.4 Å². The lowest BCUT2D eigenvalue weighted by Crippen LogP contribution is -2.50. The summed E-state index contributed by atoms with van der Waals surface area (Å²) >= 11 is 0. The number of rotatable bonds is 9. The first-order valence-corrected chi connectivity index (χ1v) is 14.4. The number of unbranched alkanes of at least 4 members (excludes halogenated alkanes) is 1. The molecule has 222 valence electrons. The molecule has 0 saturated heterocycles. The number of aryl methyl sites for hydroxylation is 1. The standard InChI is InChI=1S/C32H31FN4O6/c33-20-10-12-21(13-11-20)37-28(7-3-4-8-29(39)40)34-25-15-19(9-14-23(25)32(37)42)24-17-27(43-36-24)31(41)35-30-22-6-2-1-5-18(22)16-26(30)38/h1-2,5-6,10-15,19,26-27,30,38H,3-4,7-9,16-17H2,(H,35,41)(H,39,40)/t19?,26-,27+,30+/m1/s1. The molecular weight excluding hydrogens is 555 g/mol. The molecular formula is C32H31FN4O6. The number of nitrogens with one attached hydrogen (secondary N) is 1. The van der Waals surface area contributed by atoms with E-state index in [4.69, 9.17) is 14.9 Å². The summed E-state index contributed by atoms with van der Waals surface area (Å²) in [7, 11) is 0. The van der Waals surface area contributed by atoms with Crippen LogP contribution in [0.5, 0.6) is 0 Å². The summed E-state index contributed by atoms with van der Waals surface area (Å²) in [5.74, 6) is -1.47. The normalized spacial score (nSPS) is 22.0. The molecule has 3 aliphatic rings. The third-order valence-electron chi connectivity index (χ3n) is 8.19. The van der Waals surface area contributed by atoms with Crippen LogP contribution in [0.1, 0.15) is 55.1 Å². The van der Waals surface area contributed by atoms with Gasteiger partial charge in [-0.2, -0.15) is 0 Å². The summed E-state index contributed by atoms with van der Waals surface area (Å²) in [6.07, 6.45) is 4.57. The maximum atomic E-state index is 13.7. The fraction of sp³-hybridized carbons (Fsp3) is 0.344. The van der Waals surface area contributed by atoms with Gasteiger partial charge in [0.1, 0.15) is 11.6 Å². The number of nitrogens with zero attached hydrogens (tertiary/aromatic N) is 3. The average Bonchev–Trinajstić information content (AvgIpc) is 3.61. The van der Waals surface area contributed by atoms with Crippen molar-refractivity contribution in [1.82, 2.24) is 14.9 Å². The van der Waals surface area contributed by atoms with Gasteiger partial charge in [0.15, 0.2) is 0 Å².